The number of rotatable bonds is 5. The van der Waals surface area contributed by atoms with E-state index in [0.29, 0.717) is 17.6 Å². The van der Waals surface area contributed by atoms with Gasteiger partial charge in [-0.2, -0.15) is 0 Å². The third-order valence-corrected chi connectivity index (χ3v) is 3.01. The molecule has 0 saturated carbocycles. The van der Waals surface area contributed by atoms with E-state index < -0.39 is 6.10 Å². The first-order chi connectivity index (χ1) is 8.49. The summed E-state index contributed by atoms with van der Waals surface area (Å²) in [6, 6.07) is 0. The van der Waals surface area contributed by atoms with E-state index in [-0.39, 0.29) is 17.0 Å². The van der Waals surface area contributed by atoms with Crippen molar-refractivity contribution in [1.82, 2.24) is 4.57 Å². The number of pyridine rings is 1. The molecule has 0 radical (unpaired) electrons. The molecule has 0 aliphatic heterocycles. The molecule has 0 bridgehead atoms. The highest BCUT2D eigenvalue weighted by Gasteiger charge is 2.15. The molecule has 1 rings (SSSR count). The van der Waals surface area contributed by atoms with Gasteiger partial charge in [0.1, 0.15) is 11.8 Å². The minimum absolute atomic E-state index is 0.239. The molecular weight excluding hydrogens is 300 g/mol. The van der Waals surface area contributed by atoms with Crippen LogP contribution in [0.15, 0.2) is 21.7 Å². The molecule has 5 nitrogen and oxygen atoms in total. The van der Waals surface area contributed by atoms with E-state index in [1.54, 1.807) is 19.3 Å². The number of carbonyl (C=O) groups excluding carboxylic acids is 1. The van der Waals surface area contributed by atoms with Crippen molar-refractivity contribution < 1.29 is 9.53 Å². The fourth-order valence-electron chi connectivity index (χ4n) is 1.43. The molecular formula is C12H17BrN2O3. The third-order valence-electron chi connectivity index (χ3n) is 2.44. The standard InChI is InChI=1S/C12H17BrN2O3/c1-4-15-6-9(13)11(16)10(7-15)14-12(17)8(3)18-5-2/h6-8H,4-5H2,1-3H3,(H,14,17)/t8-/m0/s1. The maximum atomic E-state index is 11.8. The number of nitrogens with one attached hydrogen (secondary N) is 1. The van der Waals surface area contributed by atoms with Gasteiger partial charge in [-0.1, -0.05) is 0 Å². The second-order valence-corrected chi connectivity index (χ2v) is 4.62. The number of hydrogen-bond donors (Lipinski definition) is 1. The van der Waals surface area contributed by atoms with Crippen molar-refractivity contribution in [2.75, 3.05) is 11.9 Å². The molecule has 1 N–H and O–H groups in total. The van der Waals surface area contributed by atoms with Crippen molar-refractivity contribution in [1.29, 1.82) is 0 Å². The Bertz CT molecular complexity index is 485. The lowest BCUT2D eigenvalue weighted by Gasteiger charge is -2.13. The van der Waals surface area contributed by atoms with Crippen LogP contribution in [0.5, 0.6) is 0 Å². The first kappa shape index (κ1) is 14.9. The van der Waals surface area contributed by atoms with Crippen molar-refractivity contribution in [3.63, 3.8) is 0 Å². The number of aromatic nitrogens is 1. The van der Waals surface area contributed by atoms with Crippen molar-refractivity contribution >= 4 is 27.5 Å². The Morgan fingerprint density at radius 3 is 2.72 bits per heavy atom. The van der Waals surface area contributed by atoms with Crippen LogP contribution in [0.4, 0.5) is 5.69 Å². The summed E-state index contributed by atoms with van der Waals surface area (Å²) in [7, 11) is 0. The minimum atomic E-state index is -0.580. The number of anilines is 1. The summed E-state index contributed by atoms with van der Waals surface area (Å²) in [6.45, 7) is 6.57. The lowest BCUT2D eigenvalue weighted by atomic mass is 10.3. The highest BCUT2D eigenvalue weighted by molar-refractivity contribution is 9.10. The Morgan fingerprint density at radius 2 is 2.17 bits per heavy atom. The van der Waals surface area contributed by atoms with Crippen molar-refractivity contribution in [2.24, 2.45) is 0 Å². The Hall–Kier alpha value is -1.14. The molecule has 1 aromatic rings. The summed E-state index contributed by atoms with van der Waals surface area (Å²) in [6.07, 6.45) is 2.72. The largest absolute Gasteiger partial charge is 0.369 e. The number of nitrogens with zero attached hydrogens (tertiary/aromatic N) is 1. The van der Waals surface area contributed by atoms with E-state index >= 15 is 0 Å². The Morgan fingerprint density at radius 1 is 1.50 bits per heavy atom. The number of halogens is 1. The van der Waals surface area contributed by atoms with Crippen LogP contribution in [0.25, 0.3) is 0 Å². The van der Waals surface area contributed by atoms with Gasteiger partial charge in [-0.25, -0.2) is 0 Å². The molecule has 0 saturated heterocycles. The van der Waals surface area contributed by atoms with E-state index in [4.69, 9.17) is 4.74 Å². The van der Waals surface area contributed by atoms with Crippen LogP contribution < -0.4 is 10.7 Å². The molecule has 100 valence electrons. The van der Waals surface area contributed by atoms with E-state index in [9.17, 15) is 9.59 Å². The molecule has 1 amide bonds. The fraction of sp³-hybridized carbons (Fsp3) is 0.500. The van der Waals surface area contributed by atoms with Crippen LogP contribution in [0.2, 0.25) is 0 Å². The normalized spacial score (nSPS) is 12.2. The summed E-state index contributed by atoms with van der Waals surface area (Å²) in [5.41, 5.74) is 0.0135. The summed E-state index contributed by atoms with van der Waals surface area (Å²) in [5.74, 6) is -0.324. The molecule has 18 heavy (non-hydrogen) atoms. The lowest BCUT2D eigenvalue weighted by Crippen LogP contribution is -2.30. The van der Waals surface area contributed by atoms with Gasteiger partial charge in [-0.15, -0.1) is 0 Å². The SMILES string of the molecule is CCO[C@@H](C)C(=O)Nc1cn(CC)cc(Br)c1=O. The van der Waals surface area contributed by atoms with Gasteiger partial charge in [0.15, 0.2) is 0 Å². The van der Waals surface area contributed by atoms with Gasteiger partial charge in [-0.05, 0) is 36.7 Å². The summed E-state index contributed by atoms with van der Waals surface area (Å²) < 4.78 is 7.40. The Kier molecular flexibility index (Phi) is 5.55. The van der Waals surface area contributed by atoms with Crippen molar-refractivity contribution in [3.8, 4) is 0 Å². The number of ether oxygens (including phenoxy) is 1. The Labute approximate surface area is 114 Å². The molecule has 6 heteroatoms. The molecule has 0 aliphatic rings. The first-order valence-corrected chi connectivity index (χ1v) is 6.60. The maximum Gasteiger partial charge on any atom is 0.253 e. The lowest BCUT2D eigenvalue weighted by molar-refractivity contribution is -0.126. The molecule has 1 aromatic heterocycles. The summed E-state index contributed by atoms with van der Waals surface area (Å²) in [4.78, 5) is 23.6. The highest BCUT2D eigenvalue weighted by Crippen LogP contribution is 2.09. The second kappa shape index (κ2) is 6.70. The molecule has 0 fully saturated rings. The van der Waals surface area contributed by atoms with Gasteiger partial charge in [-0.3, -0.25) is 9.59 Å². The molecule has 0 unspecified atom stereocenters. The average molecular weight is 317 g/mol. The van der Waals surface area contributed by atoms with Gasteiger partial charge in [0, 0.05) is 25.5 Å². The molecule has 1 heterocycles. The zero-order chi connectivity index (χ0) is 13.7. The number of hydrogen-bond acceptors (Lipinski definition) is 3. The highest BCUT2D eigenvalue weighted by atomic mass is 79.9. The van der Waals surface area contributed by atoms with Gasteiger partial charge in [0.05, 0.1) is 4.47 Å². The van der Waals surface area contributed by atoms with Crippen molar-refractivity contribution in [2.45, 2.75) is 33.4 Å². The second-order valence-electron chi connectivity index (χ2n) is 3.77. The van der Waals surface area contributed by atoms with Crippen LogP contribution >= 0.6 is 15.9 Å². The molecule has 0 aliphatic carbocycles. The van der Waals surface area contributed by atoms with Crippen LogP contribution in [0, 0.1) is 0 Å². The van der Waals surface area contributed by atoms with Gasteiger partial charge in [0.25, 0.3) is 5.91 Å². The average Bonchev–Trinajstić information content (AvgIpc) is 2.34. The summed E-state index contributed by atoms with van der Waals surface area (Å²) >= 11 is 3.18. The predicted molar refractivity (Wildman–Crippen MR) is 73.8 cm³/mol. The smallest absolute Gasteiger partial charge is 0.253 e. The Balaban J connectivity index is 2.93. The topological polar surface area (TPSA) is 60.3 Å². The monoisotopic (exact) mass is 316 g/mol. The van der Waals surface area contributed by atoms with E-state index in [2.05, 4.69) is 21.2 Å². The maximum absolute atomic E-state index is 11.8. The number of carbonyl (C=O) groups is 1. The van der Waals surface area contributed by atoms with Gasteiger partial charge < -0.3 is 14.6 Å². The zero-order valence-corrected chi connectivity index (χ0v) is 12.3. The van der Waals surface area contributed by atoms with Gasteiger partial charge >= 0.3 is 0 Å². The van der Waals surface area contributed by atoms with Crippen LogP contribution in [-0.2, 0) is 16.1 Å². The molecule has 1 atom stereocenters. The van der Waals surface area contributed by atoms with E-state index in [1.165, 1.54) is 0 Å². The van der Waals surface area contributed by atoms with Crippen LogP contribution in [0.3, 0.4) is 0 Å². The molecule has 0 aromatic carbocycles. The molecule has 0 spiro atoms. The first-order valence-electron chi connectivity index (χ1n) is 5.81. The zero-order valence-electron chi connectivity index (χ0n) is 10.7. The van der Waals surface area contributed by atoms with Crippen molar-refractivity contribution in [3.05, 3.63) is 27.1 Å². The minimum Gasteiger partial charge on any atom is -0.369 e. The predicted octanol–water partition coefficient (Wildman–Crippen LogP) is 1.99. The fourth-order valence-corrected chi connectivity index (χ4v) is 1.90. The van der Waals surface area contributed by atoms with Crippen LogP contribution in [0.1, 0.15) is 20.8 Å². The number of amides is 1. The third kappa shape index (κ3) is 3.68. The number of aryl methyl sites for hydroxylation is 1. The van der Waals surface area contributed by atoms with E-state index in [0.717, 1.165) is 0 Å². The van der Waals surface area contributed by atoms with Crippen LogP contribution in [-0.4, -0.2) is 23.2 Å². The quantitative estimate of drug-likeness (QED) is 0.903. The van der Waals surface area contributed by atoms with E-state index in [1.807, 2.05) is 18.4 Å². The van der Waals surface area contributed by atoms with Gasteiger partial charge in [0.2, 0.25) is 5.43 Å². The summed E-state index contributed by atoms with van der Waals surface area (Å²) in [5, 5.41) is 2.58.